The second-order valence-corrected chi connectivity index (χ2v) is 10.3. The lowest BCUT2D eigenvalue weighted by atomic mass is 10.1. The van der Waals surface area contributed by atoms with Gasteiger partial charge in [-0.2, -0.15) is 0 Å². The summed E-state index contributed by atoms with van der Waals surface area (Å²) in [5.74, 6) is 2.48. The average Bonchev–Trinajstić information content (AvgIpc) is 3.74. The van der Waals surface area contributed by atoms with Crippen molar-refractivity contribution in [3.63, 3.8) is 0 Å². The maximum atomic E-state index is 11.4. The molecule has 0 unspecified atom stereocenters. The van der Waals surface area contributed by atoms with Crippen LogP contribution in [0.1, 0.15) is 42.3 Å². The van der Waals surface area contributed by atoms with Crippen LogP contribution in [0, 0.1) is 0 Å². The first kappa shape index (κ1) is 27.4. The van der Waals surface area contributed by atoms with Crippen molar-refractivity contribution in [2.24, 2.45) is 0 Å². The SMILES string of the molecule is CCCCn1c(-c2ccccc2)nc(/C=C/C(=O)[O-])c1CN(Cc1ccc2c(c1)OCO2)Cc1ccc2c(c1)OCO2. The third-order valence-corrected chi connectivity index (χ3v) is 7.31. The molecule has 0 saturated carbocycles. The smallest absolute Gasteiger partial charge is 0.231 e. The summed E-state index contributed by atoms with van der Waals surface area (Å²) in [6.45, 7) is 5.06. The molecular formula is C33H32N3O6-. The van der Waals surface area contributed by atoms with Crippen molar-refractivity contribution in [3.05, 3.63) is 95.3 Å². The van der Waals surface area contributed by atoms with E-state index in [2.05, 4.69) is 16.4 Å². The molecule has 42 heavy (non-hydrogen) atoms. The Labute approximate surface area is 244 Å². The topological polar surface area (TPSA) is 98.1 Å². The van der Waals surface area contributed by atoms with E-state index in [1.807, 2.05) is 66.7 Å². The van der Waals surface area contributed by atoms with E-state index in [9.17, 15) is 9.90 Å². The van der Waals surface area contributed by atoms with Crippen LogP contribution < -0.4 is 24.1 Å². The zero-order chi connectivity index (χ0) is 28.9. The van der Waals surface area contributed by atoms with Crippen molar-refractivity contribution in [1.29, 1.82) is 0 Å². The van der Waals surface area contributed by atoms with Gasteiger partial charge in [-0.15, -0.1) is 0 Å². The molecule has 1 aromatic heterocycles. The zero-order valence-electron chi connectivity index (χ0n) is 23.5. The van der Waals surface area contributed by atoms with Crippen LogP contribution in [-0.4, -0.2) is 34.0 Å². The summed E-state index contributed by atoms with van der Waals surface area (Å²) in [5.41, 5.74) is 4.64. The largest absolute Gasteiger partial charge is 0.545 e. The van der Waals surface area contributed by atoms with Crippen LogP contribution >= 0.6 is 0 Å². The molecule has 6 rings (SSSR count). The number of hydrogen-bond donors (Lipinski definition) is 0. The highest BCUT2D eigenvalue weighted by molar-refractivity contribution is 5.83. The highest BCUT2D eigenvalue weighted by atomic mass is 16.7. The maximum Gasteiger partial charge on any atom is 0.231 e. The zero-order valence-corrected chi connectivity index (χ0v) is 23.5. The fourth-order valence-corrected chi connectivity index (χ4v) is 5.29. The van der Waals surface area contributed by atoms with Crippen molar-refractivity contribution in [1.82, 2.24) is 14.5 Å². The highest BCUT2D eigenvalue weighted by Gasteiger charge is 2.22. The van der Waals surface area contributed by atoms with Gasteiger partial charge in [0.15, 0.2) is 23.0 Å². The van der Waals surface area contributed by atoms with Gasteiger partial charge in [0.05, 0.1) is 17.4 Å². The lowest BCUT2D eigenvalue weighted by molar-refractivity contribution is -0.297. The van der Waals surface area contributed by atoms with Gasteiger partial charge in [0.2, 0.25) is 13.6 Å². The van der Waals surface area contributed by atoms with Gasteiger partial charge in [0.1, 0.15) is 5.82 Å². The number of ether oxygens (including phenoxy) is 4. The minimum Gasteiger partial charge on any atom is -0.545 e. The number of benzene rings is 3. The van der Waals surface area contributed by atoms with Crippen molar-refractivity contribution in [2.75, 3.05) is 13.6 Å². The second-order valence-electron chi connectivity index (χ2n) is 10.3. The Balaban J connectivity index is 1.40. The van der Waals surface area contributed by atoms with Crippen LogP contribution in [0.25, 0.3) is 17.5 Å². The number of carbonyl (C=O) groups is 1. The number of aliphatic carboxylic acids is 1. The first-order chi connectivity index (χ1) is 20.6. The first-order valence-corrected chi connectivity index (χ1v) is 14.1. The Morgan fingerprint density at radius 1 is 0.881 bits per heavy atom. The summed E-state index contributed by atoms with van der Waals surface area (Å²) in [6.07, 6.45) is 4.55. The van der Waals surface area contributed by atoms with E-state index >= 15 is 0 Å². The Morgan fingerprint density at radius 2 is 1.50 bits per heavy atom. The fourth-order valence-electron chi connectivity index (χ4n) is 5.29. The Bertz CT molecular complexity index is 1540. The predicted octanol–water partition coefficient (Wildman–Crippen LogP) is 4.77. The van der Waals surface area contributed by atoms with Crippen molar-refractivity contribution < 1.29 is 28.8 Å². The molecular weight excluding hydrogens is 534 g/mol. The Morgan fingerprint density at radius 3 is 2.10 bits per heavy atom. The number of carboxylic acids is 1. The highest BCUT2D eigenvalue weighted by Crippen LogP contribution is 2.35. The van der Waals surface area contributed by atoms with E-state index in [0.717, 1.165) is 76.7 Å². The van der Waals surface area contributed by atoms with Crippen LogP contribution in [0.15, 0.2) is 72.8 Å². The number of aromatic nitrogens is 2. The van der Waals surface area contributed by atoms with E-state index in [4.69, 9.17) is 23.9 Å². The van der Waals surface area contributed by atoms with Crippen LogP contribution in [0.2, 0.25) is 0 Å². The Kier molecular flexibility index (Phi) is 8.09. The average molecular weight is 567 g/mol. The number of unbranched alkanes of at least 4 members (excludes halogenated alkanes) is 1. The molecule has 4 aromatic rings. The predicted molar refractivity (Wildman–Crippen MR) is 155 cm³/mol. The molecule has 0 atom stereocenters. The molecule has 0 amide bonds. The van der Waals surface area contributed by atoms with Gasteiger partial charge in [-0.05, 0) is 54.0 Å². The number of carboxylic acid groups (broad SMARTS) is 1. The van der Waals surface area contributed by atoms with Gasteiger partial charge >= 0.3 is 0 Å². The number of hydrogen-bond acceptors (Lipinski definition) is 8. The quantitative estimate of drug-likeness (QED) is 0.226. The number of fused-ring (bicyclic) bond motifs is 2. The molecule has 0 fully saturated rings. The summed E-state index contributed by atoms with van der Waals surface area (Å²) >= 11 is 0. The summed E-state index contributed by atoms with van der Waals surface area (Å²) in [6, 6.07) is 22.0. The number of nitrogens with zero attached hydrogens (tertiary/aromatic N) is 3. The normalized spacial score (nSPS) is 13.4. The van der Waals surface area contributed by atoms with E-state index in [1.54, 1.807) is 6.08 Å². The second kappa shape index (κ2) is 12.4. The molecule has 9 nitrogen and oxygen atoms in total. The van der Waals surface area contributed by atoms with E-state index in [1.165, 1.54) is 0 Å². The lowest BCUT2D eigenvalue weighted by Gasteiger charge is -2.24. The number of carbonyl (C=O) groups excluding carboxylic acids is 1. The molecule has 2 aliphatic rings. The molecule has 0 bridgehead atoms. The monoisotopic (exact) mass is 566 g/mol. The standard InChI is InChI=1S/C33H33N3O6/c1-2-3-15-36-27(26(11-14-32(37)38)34-33(36)25-7-5-4-6-8-25)20-35(18-23-9-12-28-30(16-23)41-21-39-28)19-24-10-13-29-31(17-24)42-22-40-29/h4-14,16-17H,2-3,15,18-22H2,1H3,(H,37,38)/p-1/b14-11+. The molecule has 0 aliphatic carbocycles. The van der Waals surface area contributed by atoms with Crippen LogP contribution in [0.5, 0.6) is 23.0 Å². The molecule has 3 aromatic carbocycles. The molecule has 9 heteroatoms. The molecule has 216 valence electrons. The van der Waals surface area contributed by atoms with Crippen LogP contribution in [0.3, 0.4) is 0 Å². The van der Waals surface area contributed by atoms with E-state index in [0.29, 0.717) is 25.3 Å². The summed E-state index contributed by atoms with van der Waals surface area (Å²) in [4.78, 5) is 18.7. The van der Waals surface area contributed by atoms with Crippen LogP contribution in [-0.2, 0) is 31.0 Å². The molecule has 0 spiro atoms. The number of imidazole rings is 1. The van der Waals surface area contributed by atoms with Gasteiger partial charge in [0, 0.05) is 31.7 Å². The lowest BCUT2D eigenvalue weighted by Crippen LogP contribution is -2.25. The van der Waals surface area contributed by atoms with Gasteiger partial charge in [0.25, 0.3) is 0 Å². The third-order valence-electron chi connectivity index (χ3n) is 7.31. The minimum atomic E-state index is -1.26. The van der Waals surface area contributed by atoms with Gasteiger partial charge in [-0.25, -0.2) is 4.98 Å². The molecule has 3 heterocycles. The molecule has 0 radical (unpaired) electrons. The maximum absolute atomic E-state index is 11.4. The molecule has 2 aliphatic heterocycles. The summed E-state index contributed by atoms with van der Waals surface area (Å²) < 4.78 is 24.5. The van der Waals surface area contributed by atoms with Crippen molar-refractivity contribution in [2.45, 2.75) is 45.9 Å². The summed E-state index contributed by atoms with van der Waals surface area (Å²) in [7, 11) is 0. The van der Waals surface area contributed by atoms with Gasteiger partial charge in [-0.1, -0.05) is 55.8 Å². The number of rotatable bonds is 12. The summed E-state index contributed by atoms with van der Waals surface area (Å²) in [5, 5.41) is 11.4. The Hall–Kier alpha value is -4.76. The molecule has 0 saturated heterocycles. The van der Waals surface area contributed by atoms with Gasteiger partial charge < -0.3 is 33.4 Å². The van der Waals surface area contributed by atoms with E-state index in [-0.39, 0.29) is 13.6 Å². The molecule has 0 N–H and O–H groups in total. The first-order valence-electron chi connectivity index (χ1n) is 14.1. The van der Waals surface area contributed by atoms with Gasteiger partial charge in [-0.3, -0.25) is 4.90 Å². The minimum absolute atomic E-state index is 0.215. The van der Waals surface area contributed by atoms with E-state index < -0.39 is 5.97 Å². The fraction of sp³-hybridized carbons (Fsp3) is 0.273. The van der Waals surface area contributed by atoms with Crippen molar-refractivity contribution in [3.8, 4) is 34.4 Å². The van der Waals surface area contributed by atoms with Crippen LogP contribution in [0.4, 0.5) is 0 Å². The third kappa shape index (κ3) is 6.11. The van der Waals surface area contributed by atoms with Crippen molar-refractivity contribution >= 4 is 12.0 Å².